The van der Waals surface area contributed by atoms with E-state index in [1.807, 2.05) is 0 Å². The second kappa shape index (κ2) is 5.66. The normalized spacial score (nSPS) is 36.5. The first-order valence-corrected chi connectivity index (χ1v) is 21.5. The van der Waals surface area contributed by atoms with Crippen LogP contribution in [-0.4, -0.2) is 27.7 Å². The van der Waals surface area contributed by atoms with Crippen LogP contribution in [0.2, 0.25) is 44.8 Å². The molecule has 0 amide bonds. The van der Waals surface area contributed by atoms with Gasteiger partial charge >= 0.3 is 0 Å². The summed E-state index contributed by atoms with van der Waals surface area (Å²) >= 11 is 0. The molecule has 4 aliphatic carbocycles. The first-order chi connectivity index (χ1) is 10.8. The summed E-state index contributed by atoms with van der Waals surface area (Å²) in [6, 6.07) is 0. The highest BCUT2D eigenvalue weighted by Crippen LogP contribution is 2.62. The summed E-state index contributed by atoms with van der Waals surface area (Å²) in [5.74, 6) is 2.67. The fourth-order valence-electron chi connectivity index (χ4n) is 8.61. The molecule has 4 bridgehead atoms. The average Bonchev–Trinajstić information content (AvgIpc) is 2.33. The molecule has 4 rings (SSSR count). The third-order valence-corrected chi connectivity index (χ3v) is 48.3. The molecule has 4 aliphatic rings. The Labute approximate surface area is 153 Å². The van der Waals surface area contributed by atoms with Crippen molar-refractivity contribution >= 4 is 27.7 Å². The summed E-state index contributed by atoms with van der Waals surface area (Å²) in [4.78, 5) is 14.6. The van der Waals surface area contributed by atoms with Gasteiger partial charge in [-0.2, -0.15) is 0 Å². The van der Waals surface area contributed by atoms with Gasteiger partial charge in [-0.1, -0.05) is 53.1 Å². The van der Waals surface area contributed by atoms with Gasteiger partial charge in [-0.25, -0.2) is 0 Å². The van der Waals surface area contributed by atoms with Crippen molar-refractivity contribution in [3.8, 4) is 0 Å². The van der Waals surface area contributed by atoms with Crippen LogP contribution in [0.15, 0.2) is 0 Å². The van der Waals surface area contributed by atoms with Crippen LogP contribution in [0.5, 0.6) is 0 Å². The molecule has 0 aliphatic heterocycles. The number of rotatable bonds is 5. The zero-order chi connectivity index (χ0) is 18.1. The Kier molecular flexibility index (Phi) is 4.50. The molecule has 138 valence electrons. The Morgan fingerprint density at radius 1 is 0.792 bits per heavy atom. The minimum absolute atomic E-state index is 0.131. The van der Waals surface area contributed by atoms with Crippen molar-refractivity contribution in [2.75, 3.05) is 0 Å². The zero-order valence-electron chi connectivity index (χ0n) is 17.5. The minimum Gasteiger partial charge on any atom is -0.305 e. The van der Waals surface area contributed by atoms with Gasteiger partial charge in [0, 0.05) is 20.6 Å². The smallest absolute Gasteiger partial charge is 0.121 e. The van der Waals surface area contributed by atoms with Crippen molar-refractivity contribution < 1.29 is 4.79 Å². The van der Waals surface area contributed by atoms with E-state index in [2.05, 4.69) is 53.1 Å². The third kappa shape index (κ3) is 2.53. The molecule has 4 heteroatoms. The molecule has 0 atom stereocenters. The van der Waals surface area contributed by atoms with Crippen molar-refractivity contribution in [2.45, 2.75) is 97.2 Å². The monoisotopic (exact) mass is 380 g/mol. The van der Waals surface area contributed by atoms with Crippen LogP contribution < -0.4 is 0 Å². The fourth-order valence-corrected chi connectivity index (χ4v) is 60.4. The van der Waals surface area contributed by atoms with Gasteiger partial charge in [-0.15, -0.1) is 0 Å². The lowest BCUT2D eigenvalue weighted by Gasteiger charge is -2.62. The van der Waals surface area contributed by atoms with Gasteiger partial charge in [-0.3, -0.25) is 0 Å². The van der Waals surface area contributed by atoms with Gasteiger partial charge in [0.1, 0.15) is 12.5 Å². The molecule has 4 saturated carbocycles. The van der Waals surface area contributed by atoms with Crippen LogP contribution in [0.1, 0.15) is 52.4 Å². The molecule has 4 fully saturated rings. The molecular formula is C20H40OSi3. The van der Waals surface area contributed by atoms with Crippen molar-refractivity contribution in [3.05, 3.63) is 0 Å². The van der Waals surface area contributed by atoms with E-state index in [4.69, 9.17) is 0 Å². The van der Waals surface area contributed by atoms with Crippen LogP contribution >= 0.6 is 0 Å². The van der Waals surface area contributed by atoms with E-state index in [-0.39, 0.29) is 5.41 Å². The van der Waals surface area contributed by atoms with Crippen LogP contribution in [0, 0.1) is 23.2 Å². The first kappa shape index (κ1) is 19.1. The summed E-state index contributed by atoms with van der Waals surface area (Å²) in [6.07, 6.45) is 8.16. The molecule has 24 heavy (non-hydrogen) atoms. The summed E-state index contributed by atoms with van der Waals surface area (Å²) in [7, 11) is -4.93. The summed E-state index contributed by atoms with van der Waals surface area (Å²) < 4.78 is 0. The molecule has 1 nitrogen and oxygen atoms in total. The second-order valence-corrected chi connectivity index (χ2v) is 39.4. The van der Waals surface area contributed by atoms with Crippen LogP contribution in [0.25, 0.3) is 0 Å². The Bertz CT molecular complexity index is 475. The highest BCUT2D eigenvalue weighted by molar-refractivity contribution is 7.78. The average molecular weight is 381 g/mol. The predicted octanol–water partition coefficient (Wildman–Crippen LogP) is 6.00. The van der Waals surface area contributed by atoms with Crippen LogP contribution in [-0.2, 0) is 4.79 Å². The molecule has 0 radical (unpaired) electrons. The summed E-state index contributed by atoms with van der Waals surface area (Å²) in [5.41, 5.74) is 0.766. The van der Waals surface area contributed by atoms with Gasteiger partial charge in [0.05, 0.1) is 0 Å². The number of carbonyl (C=O) groups excluding carboxylic acids is 1. The Balaban J connectivity index is 2.10. The molecular weight excluding hydrogens is 340 g/mol. The van der Waals surface area contributed by atoms with E-state index in [1.165, 1.54) is 38.5 Å². The van der Waals surface area contributed by atoms with Crippen molar-refractivity contribution in [1.82, 2.24) is 0 Å². The zero-order valence-corrected chi connectivity index (χ0v) is 20.5. The lowest BCUT2D eigenvalue weighted by Crippen LogP contribution is -2.80. The van der Waals surface area contributed by atoms with E-state index in [1.54, 1.807) is 0 Å². The molecule has 0 spiro atoms. The summed E-state index contributed by atoms with van der Waals surface area (Å²) in [6.45, 7) is 20.2. The van der Waals surface area contributed by atoms with E-state index < -0.39 is 22.3 Å². The lowest BCUT2D eigenvalue weighted by molar-refractivity contribution is -0.136. The maximum Gasteiger partial charge on any atom is 0.121 e. The number of hydrogen-bond acceptors (Lipinski definition) is 1. The molecule has 0 aromatic carbocycles. The molecule has 0 saturated heterocycles. The van der Waals surface area contributed by atoms with Gasteiger partial charge in [0.25, 0.3) is 0 Å². The highest BCUT2D eigenvalue weighted by atomic mass is 29.6. The largest absolute Gasteiger partial charge is 0.305 e. The van der Waals surface area contributed by atoms with Crippen molar-refractivity contribution in [2.24, 2.45) is 23.2 Å². The predicted molar refractivity (Wildman–Crippen MR) is 113 cm³/mol. The molecule has 0 aromatic rings. The topological polar surface area (TPSA) is 17.1 Å². The van der Waals surface area contributed by atoms with Gasteiger partial charge < -0.3 is 4.79 Å². The van der Waals surface area contributed by atoms with Gasteiger partial charge in [0.15, 0.2) is 0 Å². The Hall–Kier alpha value is 0.321. The van der Waals surface area contributed by atoms with E-state index in [0.29, 0.717) is 5.54 Å². The molecule has 0 heterocycles. The third-order valence-electron chi connectivity index (χ3n) is 8.11. The fraction of sp³-hybridized carbons (Fsp3) is 0.950. The molecule has 0 aromatic heterocycles. The van der Waals surface area contributed by atoms with E-state index in [0.717, 1.165) is 23.2 Å². The highest BCUT2D eigenvalue weighted by Gasteiger charge is 2.67. The second-order valence-electron chi connectivity index (χ2n) is 12.0. The molecule has 0 N–H and O–H groups in total. The SMILES string of the molecule is CC(C)[Si](C(=O)C12CC3CC(CC(C3)C1)C2)([Si](C)(C)C)[Si](C)(C)C. The van der Waals surface area contributed by atoms with Gasteiger partial charge in [0.2, 0.25) is 0 Å². The summed E-state index contributed by atoms with van der Waals surface area (Å²) in [5, 5.41) is 0.905. The van der Waals surface area contributed by atoms with E-state index >= 15 is 0 Å². The van der Waals surface area contributed by atoms with Gasteiger partial charge in [-0.05, 0) is 61.8 Å². The quantitative estimate of drug-likeness (QED) is 0.534. The van der Waals surface area contributed by atoms with E-state index in [9.17, 15) is 4.79 Å². The Morgan fingerprint density at radius 2 is 1.12 bits per heavy atom. The van der Waals surface area contributed by atoms with Crippen LogP contribution in [0.3, 0.4) is 0 Å². The van der Waals surface area contributed by atoms with Crippen molar-refractivity contribution in [1.29, 1.82) is 0 Å². The minimum atomic E-state index is -1.93. The lowest BCUT2D eigenvalue weighted by atomic mass is 9.50. The van der Waals surface area contributed by atoms with Crippen LogP contribution in [0.4, 0.5) is 0 Å². The number of hydrogen-bond donors (Lipinski definition) is 0. The Morgan fingerprint density at radius 3 is 1.38 bits per heavy atom. The standard InChI is InChI=1S/C20H40OSi3/c1-15(2)24(22(3,4)5,23(6,7)8)19(21)20-12-16-9-17(13-20)11-18(10-16)14-20/h15-18H,9-14H2,1-8H3. The maximum absolute atomic E-state index is 14.6. The van der Waals surface area contributed by atoms with Crippen molar-refractivity contribution in [3.63, 3.8) is 0 Å². The maximum atomic E-state index is 14.6. The number of carbonyl (C=O) groups is 1. The molecule has 0 unspecified atom stereocenters. The first-order valence-electron chi connectivity index (χ1n) is 10.4.